The second-order valence-electron chi connectivity index (χ2n) is 4.40. The second-order valence-corrected chi connectivity index (χ2v) is 5.48. The van der Waals surface area contributed by atoms with Crippen LogP contribution in [0.2, 0.25) is 0 Å². The molecule has 104 valence electrons. The summed E-state index contributed by atoms with van der Waals surface area (Å²) in [6.07, 6.45) is 2.48. The summed E-state index contributed by atoms with van der Waals surface area (Å²) in [6.45, 7) is 2.56. The molecule has 0 aliphatic rings. The highest BCUT2D eigenvalue weighted by Crippen LogP contribution is 2.16. The van der Waals surface area contributed by atoms with Gasteiger partial charge in [0.15, 0.2) is 0 Å². The highest BCUT2D eigenvalue weighted by Gasteiger charge is 2.10. The molecule has 0 aliphatic carbocycles. The van der Waals surface area contributed by atoms with Crippen molar-refractivity contribution in [1.82, 2.24) is 5.32 Å². The summed E-state index contributed by atoms with van der Waals surface area (Å²) in [5.74, 6) is -0.829. The van der Waals surface area contributed by atoms with Gasteiger partial charge in [0.25, 0.3) is 5.91 Å². The zero-order valence-corrected chi connectivity index (χ0v) is 13.1. The Morgan fingerprint density at radius 3 is 2.68 bits per heavy atom. The number of unbranched alkanes of at least 4 members (excludes halogenated alkanes) is 2. The first-order chi connectivity index (χ1) is 9.02. The Bertz CT molecular complexity index is 460. The van der Waals surface area contributed by atoms with Gasteiger partial charge in [-0.1, -0.05) is 18.6 Å². The van der Waals surface area contributed by atoms with Crippen molar-refractivity contribution in [1.29, 1.82) is 0 Å². The van der Waals surface area contributed by atoms with Crippen LogP contribution in [-0.4, -0.2) is 23.5 Å². The quantitative estimate of drug-likeness (QED) is 0.569. The zero-order valence-electron chi connectivity index (χ0n) is 10.9. The Morgan fingerprint density at radius 2 is 2.00 bits per heavy atom. The van der Waals surface area contributed by atoms with Crippen LogP contribution in [0.25, 0.3) is 0 Å². The van der Waals surface area contributed by atoms with Gasteiger partial charge in [0.2, 0.25) is 0 Å². The number of carboxylic acids is 1. The van der Waals surface area contributed by atoms with Gasteiger partial charge in [-0.25, -0.2) is 0 Å². The molecule has 0 saturated heterocycles. The van der Waals surface area contributed by atoms with Crippen LogP contribution in [0.1, 0.15) is 41.6 Å². The van der Waals surface area contributed by atoms with E-state index in [2.05, 4.69) is 27.9 Å². The van der Waals surface area contributed by atoms with Crippen LogP contribution in [0, 0.1) is 10.5 Å². The van der Waals surface area contributed by atoms with Crippen molar-refractivity contribution in [2.75, 3.05) is 6.54 Å². The number of carbonyl (C=O) groups is 2. The molecule has 1 amide bonds. The Balaban J connectivity index is 2.32. The molecule has 5 heteroatoms. The number of nitrogens with one attached hydrogen (secondary N) is 1. The standard InChI is InChI=1S/C14H18INO3/c1-10-6-5-7-11(13(10)15)14(19)16-9-4-2-3-8-12(17)18/h5-7H,2-4,8-9H2,1H3,(H,16,19)(H,17,18). The Labute approximate surface area is 126 Å². The number of hydrogen-bond acceptors (Lipinski definition) is 2. The summed E-state index contributed by atoms with van der Waals surface area (Å²) < 4.78 is 0.975. The fourth-order valence-electron chi connectivity index (χ4n) is 1.70. The molecule has 0 aromatic heterocycles. The van der Waals surface area contributed by atoms with E-state index in [4.69, 9.17) is 5.11 Å². The number of hydrogen-bond donors (Lipinski definition) is 2. The minimum absolute atomic E-state index is 0.0636. The number of aliphatic carboxylic acids is 1. The fourth-order valence-corrected chi connectivity index (χ4v) is 2.30. The Kier molecular flexibility index (Phi) is 6.83. The van der Waals surface area contributed by atoms with Crippen LogP contribution in [0.4, 0.5) is 0 Å². The lowest BCUT2D eigenvalue weighted by atomic mass is 10.1. The van der Waals surface area contributed by atoms with E-state index >= 15 is 0 Å². The third-order valence-electron chi connectivity index (χ3n) is 2.79. The van der Waals surface area contributed by atoms with Gasteiger partial charge >= 0.3 is 5.97 Å². The molecule has 0 aliphatic heterocycles. The summed E-state index contributed by atoms with van der Waals surface area (Å²) >= 11 is 2.18. The number of aryl methyl sites for hydroxylation is 1. The van der Waals surface area contributed by atoms with E-state index in [-0.39, 0.29) is 12.3 Å². The van der Waals surface area contributed by atoms with E-state index < -0.39 is 5.97 Å². The van der Waals surface area contributed by atoms with Crippen molar-refractivity contribution in [3.8, 4) is 0 Å². The van der Waals surface area contributed by atoms with Crippen molar-refractivity contribution in [3.63, 3.8) is 0 Å². The van der Waals surface area contributed by atoms with Gasteiger partial charge in [-0.3, -0.25) is 9.59 Å². The fraction of sp³-hybridized carbons (Fsp3) is 0.429. The van der Waals surface area contributed by atoms with Gasteiger partial charge in [0, 0.05) is 16.5 Å². The molecule has 0 atom stereocenters. The number of carboxylic acid groups (broad SMARTS) is 1. The summed E-state index contributed by atoms with van der Waals surface area (Å²) in [6, 6.07) is 5.66. The predicted octanol–water partition coefficient (Wildman–Crippen LogP) is 2.97. The first-order valence-corrected chi connectivity index (χ1v) is 7.35. The number of halogens is 1. The molecule has 0 heterocycles. The minimum Gasteiger partial charge on any atom is -0.481 e. The zero-order chi connectivity index (χ0) is 14.3. The molecule has 1 rings (SSSR count). The molecular formula is C14H18INO3. The topological polar surface area (TPSA) is 66.4 Å². The average molecular weight is 375 g/mol. The van der Waals surface area contributed by atoms with E-state index in [0.717, 1.165) is 22.0 Å². The third-order valence-corrected chi connectivity index (χ3v) is 4.22. The molecule has 0 radical (unpaired) electrons. The van der Waals surface area contributed by atoms with Crippen LogP contribution >= 0.6 is 22.6 Å². The SMILES string of the molecule is Cc1cccc(C(=O)NCCCCCC(=O)O)c1I. The van der Waals surface area contributed by atoms with E-state index in [0.29, 0.717) is 18.5 Å². The molecule has 2 N–H and O–H groups in total. The molecule has 0 spiro atoms. The van der Waals surface area contributed by atoms with Crippen LogP contribution in [-0.2, 0) is 4.79 Å². The average Bonchev–Trinajstić information content (AvgIpc) is 2.36. The molecular weight excluding hydrogens is 357 g/mol. The first kappa shape index (κ1) is 15.9. The molecule has 19 heavy (non-hydrogen) atoms. The van der Waals surface area contributed by atoms with Crippen molar-refractivity contribution in [2.45, 2.75) is 32.6 Å². The van der Waals surface area contributed by atoms with E-state index in [9.17, 15) is 9.59 Å². The highest BCUT2D eigenvalue weighted by atomic mass is 127. The van der Waals surface area contributed by atoms with Crippen LogP contribution in [0.15, 0.2) is 18.2 Å². The summed E-state index contributed by atoms with van der Waals surface area (Å²) in [5, 5.41) is 11.4. The number of rotatable bonds is 7. The summed E-state index contributed by atoms with van der Waals surface area (Å²) in [4.78, 5) is 22.3. The smallest absolute Gasteiger partial charge is 0.303 e. The lowest BCUT2D eigenvalue weighted by molar-refractivity contribution is -0.137. The van der Waals surface area contributed by atoms with Gasteiger partial charge in [-0.15, -0.1) is 0 Å². The van der Waals surface area contributed by atoms with Crippen LogP contribution in [0.5, 0.6) is 0 Å². The maximum absolute atomic E-state index is 11.9. The minimum atomic E-state index is -0.765. The molecule has 0 fully saturated rings. The molecule has 0 bridgehead atoms. The van der Waals surface area contributed by atoms with Gasteiger partial charge < -0.3 is 10.4 Å². The van der Waals surface area contributed by atoms with Crippen molar-refractivity contribution < 1.29 is 14.7 Å². The van der Waals surface area contributed by atoms with Gasteiger partial charge in [-0.2, -0.15) is 0 Å². The maximum Gasteiger partial charge on any atom is 0.303 e. The lowest BCUT2D eigenvalue weighted by Crippen LogP contribution is -2.25. The Morgan fingerprint density at radius 1 is 1.26 bits per heavy atom. The molecule has 0 unspecified atom stereocenters. The summed E-state index contributed by atoms with van der Waals surface area (Å²) in [7, 11) is 0. The lowest BCUT2D eigenvalue weighted by Gasteiger charge is -2.08. The van der Waals surface area contributed by atoms with Crippen molar-refractivity contribution in [2.24, 2.45) is 0 Å². The molecule has 0 saturated carbocycles. The van der Waals surface area contributed by atoms with Gasteiger partial charge in [0.1, 0.15) is 0 Å². The third kappa shape index (κ3) is 5.59. The van der Waals surface area contributed by atoms with Crippen LogP contribution < -0.4 is 5.32 Å². The largest absolute Gasteiger partial charge is 0.481 e. The van der Waals surface area contributed by atoms with E-state index in [1.165, 1.54) is 0 Å². The number of benzene rings is 1. The molecule has 4 nitrogen and oxygen atoms in total. The Hall–Kier alpha value is -1.11. The normalized spacial score (nSPS) is 10.2. The second kappa shape index (κ2) is 8.14. The van der Waals surface area contributed by atoms with Gasteiger partial charge in [-0.05, 0) is 54.0 Å². The molecule has 1 aromatic carbocycles. The van der Waals surface area contributed by atoms with Crippen LogP contribution in [0.3, 0.4) is 0 Å². The molecule has 1 aromatic rings. The summed E-state index contributed by atoms with van der Waals surface area (Å²) in [5.41, 5.74) is 1.79. The monoisotopic (exact) mass is 375 g/mol. The van der Waals surface area contributed by atoms with E-state index in [1.807, 2.05) is 25.1 Å². The first-order valence-electron chi connectivity index (χ1n) is 6.27. The number of carbonyl (C=O) groups excluding carboxylic acids is 1. The van der Waals surface area contributed by atoms with Crippen molar-refractivity contribution in [3.05, 3.63) is 32.9 Å². The van der Waals surface area contributed by atoms with E-state index in [1.54, 1.807) is 0 Å². The maximum atomic E-state index is 11.9. The van der Waals surface area contributed by atoms with Crippen molar-refractivity contribution >= 4 is 34.5 Å². The number of amides is 1. The highest BCUT2D eigenvalue weighted by molar-refractivity contribution is 14.1. The predicted molar refractivity (Wildman–Crippen MR) is 82.3 cm³/mol. The van der Waals surface area contributed by atoms with Gasteiger partial charge in [0.05, 0.1) is 5.56 Å².